The first kappa shape index (κ1) is 17.8. The molecular weight excluding hydrogens is 260 g/mol. The highest BCUT2D eigenvalue weighted by atomic mass is 32.1. The number of hydrogen-bond acceptors (Lipinski definition) is 1. The summed E-state index contributed by atoms with van der Waals surface area (Å²) in [6, 6.07) is 2.53. The Labute approximate surface area is 131 Å². The van der Waals surface area contributed by atoms with Crippen molar-refractivity contribution in [2.45, 2.75) is 97.8 Å². The molecule has 1 heterocycles. The molecule has 0 fully saturated rings. The van der Waals surface area contributed by atoms with Crippen LogP contribution >= 0.6 is 11.3 Å². The second-order valence-corrected chi connectivity index (χ2v) is 8.14. The second-order valence-electron chi connectivity index (χ2n) is 7.09. The minimum absolute atomic E-state index is 0.352. The molecule has 0 bridgehead atoms. The summed E-state index contributed by atoms with van der Waals surface area (Å²) < 4.78 is 0. The fraction of sp³-hybridized carbons (Fsp3) is 0.789. The van der Waals surface area contributed by atoms with Crippen LogP contribution in [0.5, 0.6) is 0 Å². The Kier molecular flexibility index (Phi) is 5.89. The van der Waals surface area contributed by atoms with Crippen LogP contribution in [0.3, 0.4) is 0 Å². The van der Waals surface area contributed by atoms with E-state index in [2.05, 4.69) is 72.8 Å². The second kappa shape index (κ2) is 6.64. The summed E-state index contributed by atoms with van der Waals surface area (Å²) >= 11 is 2.10. The van der Waals surface area contributed by atoms with Crippen molar-refractivity contribution in [2.24, 2.45) is 0 Å². The van der Waals surface area contributed by atoms with Crippen molar-refractivity contribution in [2.75, 3.05) is 0 Å². The van der Waals surface area contributed by atoms with Gasteiger partial charge in [-0.25, -0.2) is 0 Å². The van der Waals surface area contributed by atoms with Gasteiger partial charge in [-0.3, -0.25) is 0 Å². The molecule has 0 aliphatic rings. The van der Waals surface area contributed by atoms with Crippen LogP contribution in [0.4, 0.5) is 0 Å². The van der Waals surface area contributed by atoms with Crippen molar-refractivity contribution in [3.63, 3.8) is 0 Å². The minimum Gasteiger partial charge on any atom is -0.144 e. The van der Waals surface area contributed by atoms with Crippen molar-refractivity contribution in [3.8, 4) is 0 Å². The summed E-state index contributed by atoms with van der Waals surface area (Å²) in [5.41, 5.74) is 2.31. The molecule has 0 aliphatic heterocycles. The van der Waals surface area contributed by atoms with Gasteiger partial charge < -0.3 is 0 Å². The monoisotopic (exact) mass is 294 g/mol. The van der Waals surface area contributed by atoms with Crippen molar-refractivity contribution < 1.29 is 0 Å². The zero-order valence-corrected chi connectivity index (χ0v) is 15.7. The predicted molar refractivity (Wildman–Crippen MR) is 94.3 cm³/mol. The van der Waals surface area contributed by atoms with E-state index in [4.69, 9.17) is 0 Å². The Hall–Kier alpha value is -0.300. The molecule has 20 heavy (non-hydrogen) atoms. The maximum atomic E-state index is 2.53. The quantitative estimate of drug-likeness (QED) is 0.506. The maximum absolute atomic E-state index is 2.53. The maximum Gasteiger partial charge on any atom is 0.0142 e. The van der Waals surface area contributed by atoms with Crippen LogP contribution in [0, 0.1) is 0 Å². The van der Waals surface area contributed by atoms with Crippen LogP contribution in [0.2, 0.25) is 0 Å². The normalized spacial score (nSPS) is 13.2. The molecule has 1 aromatic rings. The molecule has 0 amide bonds. The lowest BCUT2D eigenvalue weighted by atomic mass is 9.78. The molecule has 116 valence electrons. The summed E-state index contributed by atoms with van der Waals surface area (Å²) in [5, 5.41) is 0. The van der Waals surface area contributed by atoms with E-state index in [9.17, 15) is 0 Å². The fourth-order valence-electron chi connectivity index (χ4n) is 2.77. The standard InChI is InChI=1S/C19H34S/c1-9-18(7,10-2)16-13-15(14(5)6)17(20-16)19(8,11-3)12-4/h13-14H,9-12H2,1-8H3. The van der Waals surface area contributed by atoms with Gasteiger partial charge >= 0.3 is 0 Å². The molecule has 1 heteroatoms. The van der Waals surface area contributed by atoms with Gasteiger partial charge in [0.15, 0.2) is 0 Å². The Balaban J connectivity index is 3.42. The molecule has 0 saturated heterocycles. The van der Waals surface area contributed by atoms with E-state index in [1.807, 2.05) is 0 Å². The molecule has 0 saturated carbocycles. The van der Waals surface area contributed by atoms with Crippen LogP contribution in [-0.2, 0) is 10.8 Å². The van der Waals surface area contributed by atoms with Gasteiger partial charge in [0.05, 0.1) is 0 Å². The van der Waals surface area contributed by atoms with Crippen molar-refractivity contribution in [1.29, 1.82) is 0 Å². The highest BCUT2D eigenvalue weighted by Gasteiger charge is 2.32. The average Bonchev–Trinajstić information content (AvgIpc) is 2.92. The largest absolute Gasteiger partial charge is 0.144 e. The number of thiophene rings is 1. The van der Waals surface area contributed by atoms with Gasteiger partial charge in [0.1, 0.15) is 0 Å². The highest BCUT2D eigenvalue weighted by Crippen LogP contribution is 2.46. The average molecular weight is 295 g/mol. The third-order valence-corrected chi connectivity index (χ3v) is 7.41. The molecule has 0 aliphatic carbocycles. The Morgan fingerprint density at radius 3 is 1.70 bits per heavy atom. The van der Waals surface area contributed by atoms with Crippen molar-refractivity contribution >= 4 is 11.3 Å². The lowest BCUT2D eigenvalue weighted by Gasteiger charge is -2.28. The van der Waals surface area contributed by atoms with E-state index >= 15 is 0 Å². The van der Waals surface area contributed by atoms with Crippen LogP contribution in [0.15, 0.2) is 6.07 Å². The molecular formula is C19H34S. The van der Waals surface area contributed by atoms with E-state index in [-0.39, 0.29) is 0 Å². The molecule has 0 aromatic carbocycles. The Morgan fingerprint density at radius 1 is 0.900 bits per heavy atom. The van der Waals surface area contributed by atoms with Gasteiger partial charge in [-0.1, -0.05) is 55.4 Å². The zero-order valence-electron chi connectivity index (χ0n) is 14.9. The molecule has 0 nitrogen and oxygen atoms in total. The summed E-state index contributed by atoms with van der Waals surface area (Å²) in [7, 11) is 0. The fourth-order valence-corrected chi connectivity index (χ4v) is 4.66. The smallest absolute Gasteiger partial charge is 0.0142 e. The summed E-state index contributed by atoms with van der Waals surface area (Å²) in [6.45, 7) is 18.9. The van der Waals surface area contributed by atoms with E-state index in [0.29, 0.717) is 16.7 Å². The third-order valence-electron chi connectivity index (χ3n) is 5.65. The molecule has 0 unspecified atom stereocenters. The van der Waals surface area contributed by atoms with Crippen LogP contribution < -0.4 is 0 Å². The van der Waals surface area contributed by atoms with Crippen molar-refractivity contribution in [1.82, 2.24) is 0 Å². The zero-order chi connectivity index (χ0) is 15.6. The van der Waals surface area contributed by atoms with Crippen LogP contribution in [0.25, 0.3) is 0 Å². The van der Waals surface area contributed by atoms with E-state index in [0.717, 1.165) is 0 Å². The van der Waals surface area contributed by atoms with Crippen LogP contribution in [-0.4, -0.2) is 0 Å². The topological polar surface area (TPSA) is 0 Å². The van der Waals surface area contributed by atoms with E-state index in [1.54, 1.807) is 15.3 Å². The first-order valence-corrected chi connectivity index (χ1v) is 9.24. The summed E-state index contributed by atoms with van der Waals surface area (Å²) in [6.07, 6.45) is 4.93. The van der Waals surface area contributed by atoms with Gasteiger partial charge in [-0.05, 0) is 43.2 Å². The first-order chi connectivity index (χ1) is 9.27. The highest BCUT2D eigenvalue weighted by molar-refractivity contribution is 7.12. The summed E-state index contributed by atoms with van der Waals surface area (Å²) in [5.74, 6) is 0.630. The molecule has 0 spiro atoms. The minimum atomic E-state index is 0.352. The first-order valence-electron chi connectivity index (χ1n) is 8.42. The molecule has 1 rings (SSSR count). The summed E-state index contributed by atoms with van der Waals surface area (Å²) in [4.78, 5) is 3.26. The Bertz CT molecular complexity index is 417. The van der Waals surface area contributed by atoms with Gasteiger partial charge in [0, 0.05) is 20.6 Å². The van der Waals surface area contributed by atoms with Gasteiger partial charge in [0.25, 0.3) is 0 Å². The third kappa shape index (κ3) is 3.13. The lowest BCUT2D eigenvalue weighted by Crippen LogP contribution is -2.20. The molecule has 0 atom stereocenters. The van der Waals surface area contributed by atoms with E-state index < -0.39 is 0 Å². The Morgan fingerprint density at radius 2 is 1.35 bits per heavy atom. The van der Waals surface area contributed by atoms with Gasteiger partial charge in [-0.2, -0.15) is 0 Å². The van der Waals surface area contributed by atoms with E-state index in [1.165, 1.54) is 25.7 Å². The molecule has 1 aromatic heterocycles. The molecule has 0 radical (unpaired) electrons. The number of hydrogen-bond donors (Lipinski definition) is 0. The van der Waals surface area contributed by atoms with Crippen molar-refractivity contribution in [3.05, 3.63) is 21.4 Å². The lowest BCUT2D eigenvalue weighted by molar-refractivity contribution is 0.443. The van der Waals surface area contributed by atoms with Crippen LogP contribution in [0.1, 0.15) is 102 Å². The SMILES string of the molecule is CCC(C)(CC)c1cc(C(C)C)c(C(C)(CC)CC)s1. The molecule has 0 N–H and O–H groups in total. The number of rotatable bonds is 7. The predicted octanol–water partition coefficient (Wildman–Crippen LogP) is 7.03. The van der Waals surface area contributed by atoms with Gasteiger partial charge in [0.2, 0.25) is 0 Å². The van der Waals surface area contributed by atoms with Gasteiger partial charge in [-0.15, -0.1) is 11.3 Å².